The van der Waals surface area contributed by atoms with E-state index in [4.69, 9.17) is 0 Å². The van der Waals surface area contributed by atoms with Crippen LogP contribution in [0.3, 0.4) is 0 Å². The Morgan fingerprint density at radius 1 is 1.48 bits per heavy atom. The second kappa shape index (κ2) is 5.93. The van der Waals surface area contributed by atoms with Gasteiger partial charge in [0.2, 0.25) is 0 Å². The smallest absolute Gasteiger partial charge is 0.165 e. The maximum atomic E-state index is 14.1. The number of aliphatic hydroxyl groups is 1. The van der Waals surface area contributed by atoms with Crippen molar-refractivity contribution in [2.24, 2.45) is 0 Å². The Labute approximate surface area is 131 Å². The highest BCUT2D eigenvalue weighted by atomic mass is 79.9. The molecule has 3 rings (SSSR count). The fourth-order valence-electron chi connectivity index (χ4n) is 3.14. The zero-order chi connectivity index (χ0) is 15.0. The zero-order valence-corrected chi connectivity index (χ0v) is 13.6. The number of hydrogen-bond donors (Lipinski definition) is 1. The number of hydrogen-bond acceptors (Lipinski definition) is 3. The van der Waals surface area contributed by atoms with Crippen LogP contribution < -0.4 is 5.01 Å². The van der Waals surface area contributed by atoms with E-state index in [2.05, 4.69) is 32.8 Å². The molecule has 1 saturated heterocycles. The van der Waals surface area contributed by atoms with E-state index in [1.165, 1.54) is 0 Å². The molecule has 6 heteroatoms. The van der Waals surface area contributed by atoms with Gasteiger partial charge in [-0.25, -0.2) is 14.1 Å². The minimum Gasteiger partial charge on any atom is -0.391 e. The van der Waals surface area contributed by atoms with Crippen molar-refractivity contribution < 1.29 is 9.50 Å². The molecule has 2 aromatic rings. The predicted molar refractivity (Wildman–Crippen MR) is 84.4 cm³/mol. The molecule has 0 saturated carbocycles. The molecule has 4 nitrogen and oxygen atoms in total. The van der Waals surface area contributed by atoms with Gasteiger partial charge in [-0.3, -0.25) is 0 Å². The van der Waals surface area contributed by atoms with Gasteiger partial charge in [0.25, 0.3) is 0 Å². The standard InChI is InChI=1S/C15H19BrFN3O/c1-2-4-11-13(21)5-3-8-19(11)20-9-18-15-12(20)7-6-10(16)14(15)17/h6-7,9,11,13,21H,2-5,8H2,1H3. The number of rotatable bonds is 3. The largest absolute Gasteiger partial charge is 0.391 e. The van der Waals surface area contributed by atoms with E-state index in [0.29, 0.717) is 9.99 Å². The summed E-state index contributed by atoms with van der Waals surface area (Å²) < 4.78 is 16.4. The van der Waals surface area contributed by atoms with Crippen LogP contribution in [0.2, 0.25) is 0 Å². The number of fused-ring (bicyclic) bond motifs is 1. The van der Waals surface area contributed by atoms with E-state index in [1.807, 2.05) is 10.7 Å². The van der Waals surface area contributed by atoms with Crippen LogP contribution in [0.25, 0.3) is 11.0 Å². The van der Waals surface area contributed by atoms with Gasteiger partial charge in [-0.15, -0.1) is 0 Å². The molecule has 2 heterocycles. The Morgan fingerprint density at radius 2 is 2.29 bits per heavy atom. The SMILES string of the molecule is CCCC1C(O)CCCN1n1cnc2c(F)c(Br)ccc21. The number of benzene rings is 1. The van der Waals surface area contributed by atoms with Gasteiger partial charge in [-0.2, -0.15) is 0 Å². The van der Waals surface area contributed by atoms with Crippen molar-refractivity contribution in [2.75, 3.05) is 11.6 Å². The van der Waals surface area contributed by atoms with Crippen LogP contribution >= 0.6 is 15.9 Å². The normalized spacial score (nSPS) is 23.0. The molecule has 0 spiro atoms. The summed E-state index contributed by atoms with van der Waals surface area (Å²) in [6, 6.07) is 3.62. The summed E-state index contributed by atoms with van der Waals surface area (Å²) in [6.45, 7) is 2.97. The van der Waals surface area contributed by atoms with Gasteiger partial charge in [0, 0.05) is 6.54 Å². The van der Waals surface area contributed by atoms with Crippen LogP contribution in [0, 0.1) is 5.82 Å². The monoisotopic (exact) mass is 355 g/mol. The number of nitrogens with zero attached hydrogens (tertiary/aromatic N) is 3. The molecule has 1 fully saturated rings. The van der Waals surface area contributed by atoms with Crippen LogP contribution in [0.4, 0.5) is 4.39 Å². The molecule has 0 aliphatic carbocycles. The molecule has 1 aromatic heterocycles. The molecular formula is C15H19BrFN3O. The summed E-state index contributed by atoms with van der Waals surface area (Å²) in [5.74, 6) is -0.337. The lowest BCUT2D eigenvalue weighted by Crippen LogP contribution is -2.53. The Hall–Kier alpha value is -1.14. The third kappa shape index (κ3) is 2.55. The molecule has 1 aromatic carbocycles. The van der Waals surface area contributed by atoms with Gasteiger partial charge in [-0.1, -0.05) is 13.3 Å². The van der Waals surface area contributed by atoms with Gasteiger partial charge >= 0.3 is 0 Å². The van der Waals surface area contributed by atoms with Gasteiger partial charge in [0.1, 0.15) is 11.8 Å². The fraction of sp³-hybridized carbons (Fsp3) is 0.533. The van der Waals surface area contributed by atoms with Crippen molar-refractivity contribution in [2.45, 2.75) is 44.8 Å². The third-order valence-electron chi connectivity index (χ3n) is 4.17. The van der Waals surface area contributed by atoms with Crippen LogP contribution in [0.15, 0.2) is 22.9 Å². The molecule has 21 heavy (non-hydrogen) atoms. The Morgan fingerprint density at radius 3 is 3.05 bits per heavy atom. The summed E-state index contributed by atoms with van der Waals surface area (Å²) in [5.41, 5.74) is 1.10. The highest BCUT2D eigenvalue weighted by Crippen LogP contribution is 2.27. The molecule has 1 aliphatic rings. The van der Waals surface area contributed by atoms with E-state index in [1.54, 1.807) is 12.4 Å². The van der Waals surface area contributed by atoms with Gasteiger partial charge in [0.15, 0.2) is 5.82 Å². The van der Waals surface area contributed by atoms with Crippen molar-refractivity contribution in [1.29, 1.82) is 0 Å². The average Bonchev–Trinajstić information content (AvgIpc) is 2.90. The zero-order valence-electron chi connectivity index (χ0n) is 12.0. The number of imidazole rings is 1. The van der Waals surface area contributed by atoms with Crippen molar-refractivity contribution in [1.82, 2.24) is 9.66 Å². The van der Waals surface area contributed by atoms with E-state index < -0.39 is 0 Å². The van der Waals surface area contributed by atoms with Gasteiger partial charge in [0.05, 0.1) is 22.1 Å². The molecule has 2 unspecified atom stereocenters. The fourth-order valence-corrected chi connectivity index (χ4v) is 3.46. The van der Waals surface area contributed by atoms with Crippen LogP contribution in [0.1, 0.15) is 32.6 Å². The lowest BCUT2D eigenvalue weighted by molar-refractivity contribution is 0.0956. The number of aromatic nitrogens is 2. The number of halogens is 2. The second-order valence-corrected chi connectivity index (χ2v) is 6.40. The molecular weight excluding hydrogens is 337 g/mol. The summed E-state index contributed by atoms with van der Waals surface area (Å²) >= 11 is 3.19. The molecule has 0 radical (unpaired) electrons. The van der Waals surface area contributed by atoms with Crippen LogP contribution in [-0.4, -0.2) is 33.5 Å². The number of piperidine rings is 1. The van der Waals surface area contributed by atoms with Gasteiger partial charge < -0.3 is 10.1 Å². The molecule has 0 amide bonds. The number of aliphatic hydroxyl groups excluding tert-OH is 1. The molecule has 2 atom stereocenters. The maximum absolute atomic E-state index is 14.1. The molecule has 0 bridgehead atoms. The highest BCUT2D eigenvalue weighted by Gasteiger charge is 2.30. The average molecular weight is 356 g/mol. The summed E-state index contributed by atoms with van der Waals surface area (Å²) in [4.78, 5) is 4.21. The van der Waals surface area contributed by atoms with E-state index in [9.17, 15) is 9.50 Å². The summed E-state index contributed by atoms with van der Waals surface area (Å²) in [6.07, 6.45) is 5.00. The summed E-state index contributed by atoms with van der Waals surface area (Å²) in [5, 5.41) is 12.4. The third-order valence-corrected chi connectivity index (χ3v) is 4.78. The lowest BCUT2D eigenvalue weighted by Gasteiger charge is -2.41. The first-order valence-electron chi connectivity index (χ1n) is 7.39. The minimum atomic E-state index is -0.337. The first kappa shape index (κ1) is 14.8. The molecule has 1 N–H and O–H groups in total. The topological polar surface area (TPSA) is 41.3 Å². The summed E-state index contributed by atoms with van der Waals surface area (Å²) in [7, 11) is 0. The van der Waals surface area contributed by atoms with Crippen LogP contribution in [0.5, 0.6) is 0 Å². The quantitative estimate of drug-likeness (QED) is 0.918. The Bertz CT molecular complexity index is 645. The first-order valence-corrected chi connectivity index (χ1v) is 8.18. The van der Waals surface area contributed by atoms with Crippen molar-refractivity contribution in [3.63, 3.8) is 0 Å². The molecule has 1 aliphatic heterocycles. The van der Waals surface area contributed by atoms with E-state index in [-0.39, 0.29) is 18.0 Å². The van der Waals surface area contributed by atoms with E-state index >= 15 is 0 Å². The maximum Gasteiger partial charge on any atom is 0.165 e. The first-order chi connectivity index (χ1) is 10.1. The van der Waals surface area contributed by atoms with Crippen LogP contribution in [-0.2, 0) is 0 Å². The Kier molecular flexibility index (Phi) is 4.17. The lowest BCUT2D eigenvalue weighted by atomic mass is 9.97. The molecule has 114 valence electrons. The minimum absolute atomic E-state index is 0.0628. The van der Waals surface area contributed by atoms with E-state index in [0.717, 1.165) is 37.7 Å². The highest BCUT2D eigenvalue weighted by molar-refractivity contribution is 9.10. The second-order valence-electron chi connectivity index (χ2n) is 5.55. The van der Waals surface area contributed by atoms with Crippen molar-refractivity contribution >= 4 is 27.0 Å². The van der Waals surface area contributed by atoms with Crippen molar-refractivity contribution in [3.05, 3.63) is 28.7 Å². The predicted octanol–water partition coefficient (Wildman–Crippen LogP) is 3.20. The van der Waals surface area contributed by atoms with Gasteiger partial charge in [-0.05, 0) is 47.3 Å². The van der Waals surface area contributed by atoms with Crippen molar-refractivity contribution in [3.8, 4) is 0 Å². The Balaban J connectivity index is 2.04.